The van der Waals surface area contributed by atoms with Crippen molar-refractivity contribution in [1.82, 2.24) is 0 Å². The molecule has 0 aliphatic rings. The van der Waals surface area contributed by atoms with E-state index in [-0.39, 0.29) is 25.7 Å². The van der Waals surface area contributed by atoms with Gasteiger partial charge in [-0.2, -0.15) is 0 Å². The number of hydrogen-bond donors (Lipinski definition) is 3. The summed E-state index contributed by atoms with van der Waals surface area (Å²) in [6.07, 6.45) is 74.0. The van der Waals surface area contributed by atoms with Crippen molar-refractivity contribution in [3.05, 3.63) is 97.2 Å². The average Bonchev–Trinajstić information content (AvgIpc) is 0.971. The molecular formula is C79H138O17P2. The van der Waals surface area contributed by atoms with Crippen molar-refractivity contribution >= 4 is 39.5 Å². The molecule has 0 aliphatic carbocycles. The van der Waals surface area contributed by atoms with E-state index in [9.17, 15) is 43.2 Å². The van der Waals surface area contributed by atoms with E-state index < -0.39 is 97.5 Å². The summed E-state index contributed by atoms with van der Waals surface area (Å²) in [7, 11) is -9.96. The quantitative estimate of drug-likeness (QED) is 0.0169. The number of allylic oxidation sites excluding steroid dienone is 16. The van der Waals surface area contributed by atoms with Crippen molar-refractivity contribution in [2.75, 3.05) is 39.6 Å². The van der Waals surface area contributed by atoms with Gasteiger partial charge in [-0.1, -0.05) is 273 Å². The SMILES string of the molecule is CC/C=C\C/C=C\C/C=C\C/C=C\CCCCC(=O)OCC(COP(=O)(O)OCC(O)COP(=O)(O)OCC(COC(=O)CCCCCCCCC/C=C\C/C=C\C/C=C\CC)OC(=O)CCCCCCC/C=C\CCCCCC)OC(=O)CCCCCCCCCCCCCCC. The van der Waals surface area contributed by atoms with E-state index in [0.29, 0.717) is 25.7 Å². The standard InChI is InChI=1S/C79H138O17P2/c1-5-9-13-17-21-25-29-33-35-36-38-42-44-48-52-56-60-64-77(82)90-70-75(96-79(84)66-62-58-54-50-46-40-32-28-24-20-16-12-8-4)72-94-98(87,88)92-68-73(80)67-91-97(85,86)93-71-74(95-78(83)65-61-57-53-49-45-39-31-27-23-19-15-11-7-3)69-89-76(81)63-59-55-51-47-43-41-37-34-30-26-22-18-14-10-6-2/h9-10,13-14,21-22,25-26,28,32-35,37,43,47,73-75,80H,5-8,11-12,15-20,23-24,27,29-31,36,38-42,44-46,48-72H2,1-4H3,(H,85,86)(H,87,88)/b13-9-,14-10-,25-21-,26-22-,32-28-,35-33-,37-34-,47-43-. The summed E-state index contributed by atoms with van der Waals surface area (Å²) in [4.78, 5) is 72.8. The van der Waals surface area contributed by atoms with Gasteiger partial charge in [-0.25, -0.2) is 9.13 Å². The summed E-state index contributed by atoms with van der Waals surface area (Å²) < 4.78 is 68.4. The molecule has 0 aromatic carbocycles. The van der Waals surface area contributed by atoms with Gasteiger partial charge in [0.2, 0.25) is 0 Å². The van der Waals surface area contributed by atoms with E-state index in [1.54, 1.807) is 0 Å². The topological polar surface area (TPSA) is 237 Å². The smallest absolute Gasteiger partial charge is 0.462 e. The van der Waals surface area contributed by atoms with Gasteiger partial charge < -0.3 is 33.8 Å². The molecule has 0 saturated heterocycles. The second-order valence-corrected chi connectivity index (χ2v) is 28.4. The van der Waals surface area contributed by atoms with Crippen molar-refractivity contribution in [3.8, 4) is 0 Å². The van der Waals surface area contributed by atoms with Crippen LogP contribution < -0.4 is 0 Å². The Labute approximate surface area is 595 Å². The van der Waals surface area contributed by atoms with Crippen LogP contribution in [0, 0.1) is 0 Å². The molecule has 17 nitrogen and oxygen atoms in total. The van der Waals surface area contributed by atoms with E-state index in [0.717, 1.165) is 167 Å². The highest BCUT2D eigenvalue weighted by Gasteiger charge is 2.30. The second kappa shape index (κ2) is 71.4. The molecule has 0 amide bonds. The predicted molar refractivity (Wildman–Crippen MR) is 399 cm³/mol. The number of esters is 4. The lowest BCUT2D eigenvalue weighted by Crippen LogP contribution is -2.30. The van der Waals surface area contributed by atoms with Gasteiger partial charge in [0.25, 0.3) is 0 Å². The molecule has 0 rings (SSSR count). The molecule has 19 heteroatoms. The molecule has 0 saturated carbocycles. The molecule has 0 aromatic rings. The Kier molecular flexibility index (Phi) is 68.4. The summed E-state index contributed by atoms with van der Waals surface area (Å²) in [6, 6.07) is 0. The zero-order valence-electron chi connectivity index (χ0n) is 61.7. The number of phosphoric ester groups is 2. The highest BCUT2D eigenvalue weighted by atomic mass is 31.2. The Morgan fingerprint density at radius 2 is 0.531 bits per heavy atom. The maximum Gasteiger partial charge on any atom is 0.472 e. The van der Waals surface area contributed by atoms with Crippen molar-refractivity contribution in [2.45, 2.75) is 341 Å². The summed E-state index contributed by atoms with van der Waals surface area (Å²) >= 11 is 0. The van der Waals surface area contributed by atoms with E-state index >= 15 is 0 Å². The predicted octanol–water partition coefficient (Wildman–Crippen LogP) is 22.0. The molecule has 98 heavy (non-hydrogen) atoms. The van der Waals surface area contributed by atoms with Crippen LogP contribution in [-0.2, 0) is 65.4 Å². The minimum atomic E-state index is -4.98. The van der Waals surface area contributed by atoms with E-state index in [1.165, 1.54) is 77.0 Å². The molecular weight excluding hydrogens is 1280 g/mol. The summed E-state index contributed by atoms with van der Waals surface area (Å²) in [5.41, 5.74) is 0. The fourth-order valence-corrected chi connectivity index (χ4v) is 11.8. The Morgan fingerprint density at radius 1 is 0.296 bits per heavy atom. The van der Waals surface area contributed by atoms with Crippen LogP contribution >= 0.6 is 15.6 Å². The first-order valence-electron chi connectivity index (χ1n) is 38.5. The van der Waals surface area contributed by atoms with Crippen LogP contribution in [-0.4, -0.2) is 96.7 Å². The van der Waals surface area contributed by atoms with Gasteiger partial charge in [0.15, 0.2) is 12.2 Å². The summed E-state index contributed by atoms with van der Waals surface area (Å²) in [6.45, 7) is 4.59. The van der Waals surface area contributed by atoms with Gasteiger partial charge in [-0.15, -0.1) is 0 Å². The van der Waals surface area contributed by atoms with Crippen molar-refractivity contribution in [3.63, 3.8) is 0 Å². The lowest BCUT2D eigenvalue weighted by Gasteiger charge is -2.21. The Morgan fingerprint density at radius 3 is 0.857 bits per heavy atom. The average molecular weight is 1420 g/mol. The van der Waals surface area contributed by atoms with Crippen LogP contribution in [0.3, 0.4) is 0 Å². The molecule has 5 atom stereocenters. The largest absolute Gasteiger partial charge is 0.472 e. The monoisotopic (exact) mass is 1420 g/mol. The van der Waals surface area contributed by atoms with Crippen LogP contribution in [0.5, 0.6) is 0 Å². The molecule has 0 aliphatic heterocycles. The van der Waals surface area contributed by atoms with Crippen LogP contribution in [0.15, 0.2) is 97.2 Å². The van der Waals surface area contributed by atoms with Crippen LogP contribution in [0.25, 0.3) is 0 Å². The highest BCUT2D eigenvalue weighted by molar-refractivity contribution is 7.47. The molecule has 0 fully saturated rings. The molecule has 0 aromatic heterocycles. The lowest BCUT2D eigenvalue weighted by atomic mass is 10.0. The van der Waals surface area contributed by atoms with Gasteiger partial charge in [-0.05, 0) is 122 Å². The van der Waals surface area contributed by atoms with Gasteiger partial charge in [0.05, 0.1) is 26.4 Å². The molecule has 566 valence electrons. The number of hydrogen-bond acceptors (Lipinski definition) is 15. The Bertz CT molecular complexity index is 2240. The van der Waals surface area contributed by atoms with Gasteiger partial charge >= 0.3 is 39.5 Å². The molecule has 0 bridgehead atoms. The lowest BCUT2D eigenvalue weighted by molar-refractivity contribution is -0.161. The number of carbonyl (C=O) groups excluding carboxylic acids is 4. The third-order valence-electron chi connectivity index (χ3n) is 16.0. The minimum Gasteiger partial charge on any atom is -0.462 e. The minimum absolute atomic E-state index is 0.0825. The highest BCUT2D eigenvalue weighted by Crippen LogP contribution is 2.45. The third kappa shape index (κ3) is 70.4. The Balaban J connectivity index is 5.36. The van der Waals surface area contributed by atoms with Crippen molar-refractivity contribution in [1.29, 1.82) is 0 Å². The van der Waals surface area contributed by atoms with Crippen LogP contribution in [0.1, 0.15) is 323 Å². The summed E-state index contributed by atoms with van der Waals surface area (Å²) in [5, 5.41) is 10.6. The van der Waals surface area contributed by atoms with Gasteiger partial charge in [0.1, 0.15) is 19.3 Å². The second-order valence-electron chi connectivity index (χ2n) is 25.5. The maximum atomic E-state index is 13.1. The first-order chi connectivity index (χ1) is 47.7. The van der Waals surface area contributed by atoms with Crippen LogP contribution in [0.2, 0.25) is 0 Å². The molecule has 5 unspecified atom stereocenters. The Hall–Kier alpha value is -4.02. The number of aliphatic hydroxyl groups excluding tert-OH is 1. The van der Waals surface area contributed by atoms with Crippen molar-refractivity contribution < 1.29 is 80.2 Å². The van der Waals surface area contributed by atoms with E-state index in [4.69, 9.17) is 37.0 Å². The van der Waals surface area contributed by atoms with E-state index in [1.807, 2.05) is 0 Å². The third-order valence-corrected chi connectivity index (χ3v) is 17.9. The number of aliphatic hydroxyl groups is 1. The first-order valence-corrected chi connectivity index (χ1v) is 41.5. The van der Waals surface area contributed by atoms with Crippen molar-refractivity contribution in [2.24, 2.45) is 0 Å². The zero-order chi connectivity index (χ0) is 71.8. The fraction of sp³-hybridized carbons (Fsp3) is 0.747. The number of unbranched alkanes of at least 4 members (excludes halogenated alkanes) is 30. The van der Waals surface area contributed by atoms with Gasteiger partial charge in [0, 0.05) is 25.7 Å². The maximum absolute atomic E-state index is 13.1. The van der Waals surface area contributed by atoms with E-state index in [2.05, 4.69) is 125 Å². The number of carbonyl (C=O) groups is 4. The number of rotatable bonds is 72. The fourth-order valence-electron chi connectivity index (χ4n) is 10.2. The number of ether oxygens (including phenoxy) is 4. The van der Waals surface area contributed by atoms with Gasteiger partial charge in [-0.3, -0.25) is 37.3 Å². The molecule has 0 radical (unpaired) electrons. The zero-order valence-corrected chi connectivity index (χ0v) is 63.5. The first kappa shape index (κ1) is 94.0. The normalized spacial score (nSPS) is 14.5. The molecule has 0 heterocycles. The molecule has 0 spiro atoms. The number of phosphoric acid groups is 2. The van der Waals surface area contributed by atoms with Crippen LogP contribution in [0.4, 0.5) is 0 Å². The summed E-state index contributed by atoms with van der Waals surface area (Å²) in [5.74, 6) is -2.23. The molecule has 3 N–H and O–H groups in total.